The first-order chi connectivity index (χ1) is 13.7. The number of fused-ring (bicyclic) bond motifs is 2. The van der Waals surface area contributed by atoms with Gasteiger partial charge in [0.05, 0.1) is 23.2 Å². The Kier molecular flexibility index (Phi) is 4.85. The van der Waals surface area contributed by atoms with Crippen molar-refractivity contribution < 1.29 is 19.5 Å². The molecule has 7 nitrogen and oxygen atoms in total. The zero-order valence-electron chi connectivity index (χ0n) is 17.4. The van der Waals surface area contributed by atoms with Crippen LogP contribution in [0.15, 0.2) is 24.3 Å². The molecule has 0 aromatic rings. The first-order valence-corrected chi connectivity index (χ1v) is 11.0. The van der Waals surface area contributed by atoms with Crippen LogP contribution >= 0.6 is 11.8 Å². The quantitative estimate of drug-likeness (QED) is 0.674. The lowest BCUT2D eigenvalue weighted by Crippen LogP contribution is -2.55. The van der Waals surface area contributed by atoms with Crippen LogP contribution < -0.4 is 0 Å². The zero-order valence-corrected chi connectivity index (χ0v) is 18.2. The van der Waals surface area contributed by atoms with Gasteiger partial charge in [-0.2, -0.15) is 0 Å². The molecule has 4 aliphatic heterocycles. The standard InChI is InChI=1S/C21H29N3O4S/c1-13(2)23-10-6-8-21-15(18(27)24(11-12-25)16(21)19(23)28)14-17(26)22(4)9-5-7-20(14,3)29-21/h5-8,13-16,25H,9-12H2,1-4H3/t14-,15+,16?,20+,21+/m1/s1. The molecular formula is C21H29N3O4S. The molecule has 0 bridgehead atoms. The highest BCUT2D eigenvalue weighted by atomic mass is 32.2. The van der Waals surface area contributed by atoms with Gasteiger partial charge in [0.1, 0.15) is 6.04 Å². The fourth-order valence-corrected chi connectivity index (χ4v) is 7.63. The van der Waals surface area contributed by atoms with Crippen LogP contribution in [0.3, 0.4) is 0 Å². The Hall–Kier alpha value is -1.80. The SMILES string of the molecule is CC(C)N1CC=C[C@]23S[C@@]4(C)C=CCN(C)C(=O)[C@H]4[C@H]2C(=O)N(CCO)C3C1=O. The number of carbonyl (C=O) groups is 3. The second-order valence-corrected chi connectivity index (χ2v) is 10.7. The van der Waals surface area contributed by atoms with Crippen LogP contribution in [-0.2, 0) is 14.4 Å². The van der Waals surface area contributed by atoms with Gasteiger partial charge in [-0.25, -0.2) is 0 Å². The van der Waals surface area contributed by atoms with Crippen LogP contribution in [0.4, 0.5) is 0 Å². The van der Waals surface area contributed by atoms with Crippen molar-refractivity contribution in [2.45, 2.75) is 42.3 Å². The average molecular weight is 420 g/mol. The molecule has 1 spiro atoms. The number of rotatable bonds is 3. The largest absolute Gasteiger partial charge is 0.395 e. The Labute approximate surface area is 175 Å². The summed E-state index contributed by atoms with van der Waals surface area (Å²) in [5.41, 5.74) is 0. The van der Waals surface area contributed by atoms with Crippen molar-refractivity contribution in [1.29, 1.82) is 0 Å². The van der Waals surface area contributed by atoms with Crippen LogP contribution in [-0.4, -0.2) is 92.4 Å². The van der Waals surface area contributed by atoms with Crippen molar-refractivity contribution in [3.05, 3.63) is 24.3 Å². The lowest BCUT2D eigenvalue weighted by molar-refractivity contribution is -0.145. The van der Waals surface area contributed by atoms with E-state index in [1.165, 1.54) is 4.90 Å². The fourth-order valence-electron chi connectivity index (χ4n) is 5.47. The van der Waals surface area contributed by atoms with E-state index in [0.29, 0.717) is 13.1 Å². The van der Waals surface area contributed by atoms with Gasteiger partial charge in [0.2, 0.25) is 17.7 Å². The first kappa shape index (κ1) is 20.5. The van der Waals surface area contributed by atoms with Crippen molar-refractivity contribution in [3.63, 3.8) is 0 Å². The molecule has 29 heavy (non-hydrogen) atoms. The minimum absolute atomic E-state index is 0.00689. The summed E-state index contributed by atoms with van der Waals surface area (Å²) in [6.45, 7) is 6.80. The smallest absolute Gasteiger partial charge is 0.247 e. The van der Waals surface area contributed by atoms with Crippen LogP contribution in [0.1, 0.15) is 20.8 Å². The summed E-state index contributed by atoms with van der Waals surface area (Å²) >= 11 is 1.57. The molecule has 0 aliphatic carbocycles. The van der Waals surface area contributed by atoms with Crippen molar-refractivity contribution in [2.24, 2.45) is 11.8 Å². The Bertz CT molecular complexity index is 812. The number of amides is 3. The predicted molar refractivity (Wildman–Crippen MR) is 111 cm³/mol. The molecule has 2 fully saturated rings. The van der Waals surface area contributed by atoms with E-state index < -0.39 is 27.4 Å². The average Bonchev–Trinajstić information content (AvgIpc) is 2.91. The molecule has 4 rings (SSSR count). The summed E-state index contributed by atoms with van der Waals surface area (Å²) in [5, 5.41) is 9.62. The van der Waals surface area contributed by atoms with Gasteiger partial charge in [-0.1, -0.05) is 24.3 Å². The fraction of sp³-hybridized carbons (Fsp3) is 0.667. The molecule has 1 unspecified atom stereocenters. The first-order valence-electron chi connectivity index (χ1n) is 10.2. The number of likely N-dealkylation sites (tertiary alicyclic amines) is 1. The maximum absolute atomic E-state index is 13.6. The van der Waals surface area contributed by atoms with Crippen LogP contribution in [0, 0.1) is 11.8 Å². The number of aliphatic hydroxyl groups is 1. The molecule has 0 aromatic heterocycles. The van der Waals surface area contributed by atoms with Crippen molar-refractivity contribution in [1.82, 2.24) is 14.7 Å². The molecule has 2 saturated heterocycles. The number of carbonyl (C=O) groups excluding carboxylic acids is 3. The van der Waals surface area contributed by atoms with E-state index in [0.717, 1.165) is 0 Å². The van der Waals surface area contributed by atoms with E-state index in [4.69, 9.17) is 0 Å². The van der Waals surface area contributed by atoms with Crippen molar-refractivity contribution in [2.75, 3.05) is 33.3 Å². The van der Waals surface area contributed by atoms with E-state index in [9.17, 15) is 19.5 Å². The minimum atomic E-state index is -0.815. The zero-order chi connectivity index (χ0) is 21.1. The number of nitrogens with zero attached hydrogens (tertiary/aromatic N) is 3. The molecule has 1 N–H and O–H groups in total. The second kappa shape index (κ2) is 6.87. The van der Waals surface area contributed by atoms with Gasteiger partial charge in [0.25, 0.3) is 0 Å². The van der Waals surface area contributed by atoms with E-state index in [-0.39, 0.29) is 36.9 Å². The molecular weight excluding hydrogens is 390 g/mol. The Morgan fingerprint density at radius 3 is 2.45 bits per heavy atom. The highest BCUT2D eigenvalue weighted by Crippen LogP contribution is 2.65. The third-order valence-electron chi connectivity index (χ3n) is 6.75. The highest BCUT2D eigenvalue weighted by molar-refractivity contribution is 8.02. The Morgan fingerprint density at radius 1 is 1.10 bits per heavy atom. The van der Waals surface area contributed by atoms with Gasteiger partial charge in [-0.15, -0.1) is 11.8 Å². The number of hydrogen-bond donors (Lipinski definition) is 1. The third-order valence-corrected chi connectivity index (χ3v) is 8.55. The van der Waals surface area contributed by atoms with E-state index in [2.05, 4.69) is 0 Å². The minimum Gasteiger partial charge on any atom is -0.395 e. The lowest BCUT2D eigenvalue weighted by atomic mass is 9.74. The second-order valence-electron chi connectivity index (χ2n) is 8.86. The predicted octanol–water partition coefficient (Wildman–Crippen LogP) is 0.501. The van der Waals surface area contributed by atoms with Gasteiger partial charge in [0, 0.05) is 37.5 Å². The Balaban J connectivity index is 1.90. The molecule has 0 aromatic carbocycles. The maximum Gasteiger partial charge on any atom is 0.247 e. The van der Waals surface area contributed by atoms with E-state index in [1.807, 2.05) is 45.1 Å². The van der Waals surface area contributed by atoms with Gasteiger partial charge in [0.15, 0.2) is 0 Å². The molecule has 5 atom stereocenters. The normalized spacial score (nSPS) is 39.0. The van der Waals surface area contributed by atoms with Gasteiger partial charge >= 0.3 is 0 Å². The number of thioether (sulfide) groups is 1. The molecule has 8 heteroatoms. The summed E-state index contributed by atoms with van der Waals surface area (Å²) < 4.78 is -1.38. The number of β-amino-alcohol motifs (C(OH)–C–C–N with tert-alkyl or cyclic N) is 1. The van der Waals surface area contributed by atoms with Crippen molar-refractivity contribution >= 4 is 29.5 Å². The summed E-state index contributed by atoms with van der Waals surface area (Å²) in [4.78, 5) is 45.6. The van der Waals surface area contributed by atoms with Crippen LogP contribution in [0.25, 0.3) is 0 Å². The van der Waals surface area contributed by atoms with Gasteiger partial charge in [-0.3, -0.25) is 14.4 Å². The summed E-state index contributed by atoms with van der Waals surface area (Å²) in [7, 11) is 1.76. The number of hydrogen-bond acceptors (Lipinski definition) is 5. The molecule has 4 heterocycles. The van der Waals surface area contributed by atoms with Crippen molar-refractivity contribution in [3.8, 4) is 0 Å². The molecule has 0 saturated carbocycles. The molecule has 4 aliphatic rings. The van der Waals surface area contributed by atoms with Crippen LogP contribution in [0.2, 0.25) is 0 Å². The summed E-state index contributed by atoms with van der Waals surface area (Å²) in [5.74, 6) is -1.54. The number of aliphatic hydroxyl groups excluding tert-OH is 1. The monoisotopic (exact) mass is 419 g/mol. The highest BCUT2D eigenvalue weighted by Gasteiger charge is 2.73. The number of likely N-dealkylation sites (N-methyl/N-ethyl adjacent to an activating group) is 1. The topological polar surface area (TPSA) is 81.2 Å². The molecule has 158 valence electrons. The molecule has 3 amide bonds. The lowest BCUT2D eigenvalue weighted by Gasteiger charge is -2.37. The maximum atomic E-state index is 13.6. The summed E-state index contributed by atoms with van der Waals surface area (Å²) in [6.07, 6.45) is 8.00. The van der Waals surface area contributed by atoms with E-state index >= 15 is 0 Å². The Morgan fingerprint density at radius 2 is 1.79 bits per heavy atom. The van der Waals surface area contributed by atoms with Crippen LogP contribution in [0.5, 0.6) is 0 Å². The van der Waals surface area contributed by atoms with Gasteiger partial charge in [-0.05, 0) is 20.8 Å². The molecule has 0 radical (unpaired) electrons. The third kappa shape index (κ3) is 2.71. The summed E-state index contributed by atoms with van der Waals surface area (Å²) in [6, 6.07) is -0.721. The van der Waals surface area contributed by atoms with E-state index in [1.54, 1.807) is 28.6 Å². The van der Waals surface area contributed by atoms with Gasteiger partial charge < -0.3 is 19.8 Å².